The van der Waals surface area contributed by atoms with Crippen molar-refractivity contribution in [2.75, 3.05) is 13.1 Å². The lowest BCUT2D eigenvalue weighted by atomic mass is 9.80. The Bertz CT molecular complexity index is 657. The average molecular weight is 312 g/mol. The van der Waals surface area contributed by atoms with E-state index in [1.807, 2.05) is 36.1 Å². The molecule has 2 aromatic rings. The second kappa shape index (κ2) is 6.54. The Kier molecular flexibility index (Phi) is 4.48. The zero-order valence-electron chi connectivity index (χ0n) is 13.8. The van der Waals surface area contributed by atoms with Gasteiger partial charge >= 0.3 is 0 Å². The molecule has 5 heteroatoms. The molecule has 1 aromatic carbocycles. The van der Waals surface area contributed by atoms with Crippen molar-refractivity contribution in [2.45, 2.75) is 31.8 Å². The predicted molar refractivity (Wildman–Crippen MR) is 89.7 cm³/mol. The quantitative estimate of drug-likeness (QED) is 0.940. The Hall–Kier alpha value is -2.14. The van der Waals surface area contributed by atoms with Crippen molar-refractivity contribution in [3.63, 3.8) is 0 Å². The van der Waals surface area contributed by atoms with Gasteiger partial charge in [-0.2, -0.15) is 5.10 Å². The van der Waals surface area contributed by atoms with Gasteiger partial charge in [0.25, 0.3) is 0 Å². The Morgan fingerprint density at radius 1 is 1.22 bits per heavy atom. The summed E-state index contributed by atoms with van der Waals surface area (Å²) in [7, 11) is 1.98. The molecule has 0 atom stereocenters. The Balaban J connectivity index is 1.73. The van der Waals surface area contributed by atoms with E-state index in [1.54, 1.807) is 6.92 Å². The third-order valence-electron chi connectivity index (χ3n) is 4.76. The maximum Gasteiger partial charge on any atom is 0.217 e. The normalized spacial score (nSPS) is 17.8. The zero-order chi connectivity index (χ0) is 16.3. The molecule has 0 unspecified atom stereocenters. The minimum atomic E-state index is -0.240. The van der Waals surface area contributed by atoms with Gasteiger partial charge < -0.3 is 5.32 Å². The van der Waals surface area contributed by atoms with E-state index < -0.39 is 0 Å². The summed E-state index contributed by atoms with van der Waals surface area (Å²) in [6.07, 6.45) is 3.69. The van der Waals surface area contributed by atoms with Crippen molar-refractivity contribution in [2.24, 2.45) is 7.05 Å². The van der Waals surface area contributed by atoms with Gasteiger partial charge in [-0.1, -0.05) is 30.3 Å². The van der Waals surface area contributed by atoms with Crippen molar-refractivity contribution in [3.8, 4) is 0 Å². The van der Waals surface area contributed by atoms with Gasteiger partial charge in [0.2, 0.25) is 5.91 Å². The number of likely N-dealkylation sites (tertiary alicyclic amines) is 1. The van der Waals surface area contributed by atoms with Gasteiger partial charge in [0.15, 0.2) is 0 Å². The number of carbonyl (C=O) groups is 1. The first-order chi connectivity index (χ1) is 11.1. The second-order valence-electron chi connectivity index (χ2n) is 6.35. The third-order valence-corrected chi connectivity index (χ3v) is 4.76. The molecule has 0 radical (unpaired) electrons. The molecule has 1 aromatic heterocycles. The van der Waals surface area contributed by atoms with E-state index in [0.717, 1.165) is 32.5 Å². The van der Waals surface area contributed by atoms with E-state index >= 15 is 0 Å². The van der Waals surface area contributed by atoms with Crippen LogP contribution in [0, 0.1) is 0 Å². The second-order valence-corrected chi connectivity index (χ2v) is 6.35. The van der Waals surface area contributed by atoms with E-state index in [9.17, 15) is 4.79 Å². The van der Waals surface area contributed by atoms with Gasteiger partial charge in [0.1, 0.15) is 0 Å². The lowest BCUT2D eigenvalue weighted by Gasteiger charge is -2.42. The van der Waals surface area contributed by atoms with Crippen molar-refractivity contribution in [3.05, 3.63) is 53.9 Å². The number of amides is 1. The molecule has 1 aliphatic rings. The van der Waals surface area contributed by atoms with Gasteiger partial charge in [-0.05, 0) is 24.5 Å². The molecule has 1 saturated heterocycles. The standard InChI is InChI=1S/C18H24N4O/c1-15(23)20-18(16-6-4-3-5-7-16)9-12-22(13-10-18)14-17-8-11-19-21(17)2/h3-8,11H,9-10,12-14H2,1-2H3,(H,20,23). The fourth-order valence-electron chi connectivity index (χ4n) is 3.46. The predicted octanol–water partition coefficient (Wildman–Crippen LogP) is 2.05. The highest BCUT2D eigenvalue weighted by molar-refractivity contribution is 5.74. The van der Waals surface area contributed by atoms with E-state index in [0.29, 0.717) is 0 Å². The summed E-state index contributed by atoms with van der Waals surface area (Å²) in [4.78, 5) is 14.2. The zero-order valence-corrected chi connectivity index (χ0v) is 13.8. The van der Waals surface area contributed by atoms with Gasteiger partial charge in [0, 0.05) is 39.8 Å². The molecular weight excluding hydrogens is 288 g/mol. The van der Waals surface area contributed by atoms with Crippen LogP contribution in [0.25, 0.3) is 0 Å². The fourth-order valence-corrected chi connectivity index (χ4v) is 3.46. The lowest BCUT2D eigenvalue weighted by molar-refractivity contribution is -0.121. The van der Waals surface area contributed by atoms with Crippen LogP contribution in [0.5, 0.6) is 0 Å². The van der Waals surface area contributed by atoms with Gasteiger partial charge in [-0.3, -0.25) is 14.4 Å². The summed E-state index contributed by atoms with van der Waals surface area (Å²) in [6.45, 7) is 4.43. The lowest BCUT2D eigenvalue weighted by Crippen LogP contribution is -2.52. The van der Waals surface area contributed by atoms with Crippen molar-refractivity contribution in [1.82, 2.24) is 20.0 Å². The minimum absolute atomic E-state index is 0.0361. The average Bonchev–Trinajstić information content (AvgIpc) is 2.95. The topological polar surface area (TPSA) is 50.2 Å². The summed E-state index contributed by atoms with van der Waals surface area (Å²) >= 11 is 0. The largest absolute Gasteiger partial charge is 0.347 e. The van der Waals surface area contributed by atoms with Crippen molar-refractivity contribution >= 4 is 5.91 Å². The van der Waals surface area contributed by atoms with Crippen LogP contribution < -0.4 is 5.32 Å². The minimum Gasteiger partial charge on any atom is -0.347 e. The van der Waals surface area contributed by atoms with Crippen LogP contribution >= 0.6 is 0 Å². The molecule has 1 N–H and O–H groups in total. The summed E-state index contributed by atoms with van der Waals surface area (Å²) in [5, 5.41) is 7.45. The first-order valence-corrected chi connectivity index (χ1v) is 8.13. The van der Waals surface area contributed by atoms with Crippen LogP contribution in [0.2, 0.25) is 0 Å². The van der Waals surface area contributed by atoms with Crippen molar-refractivity contribution in [1.29, 1.82) is 0 Å². The molecule has 1 fully saturated rings. The monoisotopic (exact) mass is 312 g/mol. The number of benzene rings is 1. The number of aromatic nitrogens is 2. The Morgan fingerprint density at radius 3 is 2.48 bits per heavy atom. The van der Waals surface area contributed by atoms with Gasteiger partial charge in [-0.25, -0.2) is 0 Å². The fraction of sp³-hybridized carbons (Fsp3) is 0.444. The molecule has 0 bridgehead atoms. The molecular formula is C18H24N4O. The summed E-state index contributed by atoms with van der Waals surface area (Å²) in [5.74, 6) is 0.0361. The Morgan fingerprint density at radius 2 is 1.91 bits per heavy atom. The van der Waals surface area contributed by atoms with E-state index in [-0.39, 0.29) is 11.4 Å². The maximum atomic E-state index is 11.7. The van der Waals surface area contributed by atoms with E-state index in [4.69, 9.17) is 0 Å². The van der Waals surface area contributed by atoms with Crippen LogP contribution in [0.3, 0.4) is 0 Å². The number of hydrogen-bond acceptors (Lipinski definition) is 3. The van der Waals surface area contributed by atoms with Crippen LogP contribution in [-0.2, 0) is 23.9 Å². The van der Waals surface area contributed by atoms with Gasteiger partial charge in [0.05, 0.1) is 11.2 Å². The third kappa shape index (κ3) is 3.45. The number of carbonyl (C=O) groups excluding carboxylic acids is 1. The molecule has 0 saturated carbocycles. The van der Waals surface area contributed by atoms with E-state index in [1.165, 1.54) is 11.3 Å². The van der Waals surface area contributed by atoms with Crippen LogP contribution in [0.4, 0.5) is 0 Å². The number of rotatable bonds is 4. The molecule has 1 aliphatic heterocycles. The maximum absolute atomic E-state index is 11.7. The van der Waals surface area contributed by atoms with Crippen LogP contribution in [-0.4, -0.2) is 33.7 Å². The van der Waals surface area contributed by atoms with Crippen molar-refractivity contribution < 1.29 is 4.79 Å². The smallest absolute Gasteiger partial charge is 0.217 e. The summed E-state index contributed by atoms with van der Waals surface area (Å²) < 4.78 is 1.92. The number of piperidine rings is 1. The number of aryl methyl sites for hydroxylation is 1. The number of nitrogens with one attached hydrogen (secondary N) is 1. The van der Waals surface area contributed by atoms with Gasteiger partial charge in [-0.15, -0.1) is 0 Å². The van der Waals surface area contributed by atoms with Crippen LogP contribution in [0.15, 0.2) is 42.6 Å². The Labute approximate surface area is 137 Å². The summed E-state index contributed by atoms with van der Waals surface area (Å²) in [5.41, 5.74) is 2.18. The molecule has 23 heavy (non-hydrogen) atoms. The molecule has 1 amide bonds. The first kappa shape index (κ1) is 15.7. The molecule has 5 nitrogen and oxygen atoms in total. The molecule has 2 heterocycles. The highest BCUT2D eigenvalue weighted by Crippen LogP contribution is 2.33. The summed E-state index contributed by atoms with van der Waals surface area (Å²) in [6, 6.07) is 12.4. The molecule has 122 valence electrons. The molecule has 3 rings (SSSR count). The molecule has 0 aliphatic carbocycles. The highest BCUT2D eigenvalue weighted by atomic mass is 16.1. The molecule has 0 spiro atoms. The van der Waals surface area contributed by atoms with E-state index in [2.05, 4.69) is 33.5 Å². The SMILES string of the molecule is CC(=O)NC1(c2ccccc2)CCN(Cc2ccnn2C)CC1. The van der Waals surface area contributed by atoms with Crippen LogP contribution in [0.1, 0.15) is 31.0 Å². The number of hydrogen-bond donors (Lipinski definition) is 1. The first-order valence-electron chi connectivity index (χ1n) is 8.13. The number of nitrogens with zero attached hydrogens (tertiary/aromatic N) is 3. The highest BCUT2D eigenvalue weighted by Gasteiger charge is 2.36.